The molecule has 0 saturated heterocycles. The van der Waals surface area contributed by atoms with E-state index in [0.717, 1.165) is 5.56 Å². The Hall–Kier alpha value is -2.53. The van der Waals surface area contributed by atoms with Gasteiger partial charge in [0.2, 0.25) is 0 Å². The number of phenols is 1. The molecule has 0 fully saturated rings. The lowest BCUT2D eigenvalue weighted by atomic mass is 10.1. The highest BCUT2D eigenvalue weighted by molar-refractivity contribution is 6.35. The van der Waals surface area contributed by atoms with Crippen LogP contribution in [0.5, 0.6) is 5.75 Å². The molecule has 21 heavy (non-hydrogen) atoms. The van der Waals surface area contributed by atoms with Gasteiger partial charge in [-0.2, -0.15) is 0 Å². The molecule has 1 amide bonds. The number of benzene rings is 2. The molecule has 3 N–H and O–H groups in total. The minimum atomic E-state index is -1.15. The van der Waals surface area contributed by atoms with Gasteiger partial charge in [0.05, 0.1) is 21.8 Å². The number of rotatable bonds is 3. The van der Waals surface area contributed by atoms with Crippen LogP contribution in [0.1, 0.15) is 26.3 Å². The van der Waals surface area contributed by atoms with Crippen LogP contribution >= 0.6 is 11.6 Å². The summed E-state index contributed by atoms with van der Waals surface area (Å²) in [4.78, 5) is 23.1. The first-order valence-electron chi connectivity index (χ1n) is 6.03. The molecule has 0 saturated carbocycles. The molecular weight excluding hydrogens is 294 g/mol. The molecule has 0 aromatic heterocycles. The number of anilines is 1. The monoisotopic (exact) mass is 305 g/mol. The van der Waals surface area contributed by atoms with Crippen molar-refractivity contribution >= 4 is 29.2 Å². The Bertz CT molecular complexity index is 728. The number of halogens is 1. The van der Waals surface area contributed by atoms with Gasteiger partial charge >= 0.3 is 5.97 Å². The number of aromatic hydroxyl groups is 1. The van der Waals surface area contributed by atoms with E-state index in [1.807, 2.05) is 0 Å². The summed E-state index contributed by atoms with van der Waals surface area (Å²) in [5, 5.41) is 21.4. The molecule has 5 nitrogen and oxygen atoms in total. The molecule has 6 heteroatoms. The summed E-state index contributed by atoms with van der Waals surface area (Å²) in [6, 6.07) is 8.62. The molecule has 2 aromatic rings. The van der Waals surface area contributed by atoms with Crippen LogP contribution < -0.4 is 5.32 Å². The van der Waals surface area contributed by atoms with Crippen molar-refractivity contribution in [2.45, 2.75) is 6.92 Å². The smallest absolute Gasteiger partial charge is 0.335 e. The van der Waals surface area contributed by atoms with Gasteiger partial charge in [0.1, 0.15) is 5.75 Å². The molecule has 0 atom stereocenters. The van der Waals surface area contributed by atoms with Crippen molar-refractivity contribution in [3.05, 3.63) is 58.1 Å². The summed E-state index contributed by atoms with van der Waals surface area (Å²) in [6.45, 7) is 1.77. The van der Waals surface area contributed by atoms with E-state index in [1.165, 1.54) is 18.2 Å². The van der Waals surface area contributed by atoms with Crippen LogP contribution in [0.4, 0.5) is 5.69 Å². The van der Waals surface area contributed by atoms with E-state index >= 15 is 0 Å². The van der Waals surface area contributed by atoms with E-state index in [9.17, 15) is 14.7 Å². The topological polar surface area (TPSA) is 86.6 Å². The Morgan fingerprint density at radius 2 is 1.90 bits per heavy atom. The van der Waals surface area contributed by atoms with Crippen molar-refractivity contribution < 1.29 is 19.8 Å². The van der Waals surface area contributed by atoms with E-state index in [4.69, 9.17) is 16.7 Å². The number of hydrogen-bond acceptors (Lipinski definition) is 3. The Morgan fingerprint density at radius 1 is 1.19 bits per heavy atom. The van der Waals surface area contributed by atoms with Crippen LogP contribution in [-0.2, 0) is 0 Å². The van der Waals surface area contributed by atoms with Gasteiger partial charge in [-0.05, 0) is 36.8 Å². The molecule has 0 radical (unpaired) electrons. The average Bonchev–Trinajstić information content (AvgIpc) is 2.43. The lowest BCUT2D eigenvalue weighted by molar-refractivity contribution is 0.0696. The van der Waals surface area contributed by atoms with Gasteiger partial charge in [-0.1, -0.05) is 23.7 Å². The Labute approximate surface area is 125 Å². The highest BCUT2D eigenvalue weighted by Crippen LogP contribution is 2.26. The van der Waals surface area contributed by atoms with Crippen LogP contribution in [0.25, 0.3) is 0 Å². The number of carbonyl (C=O) groups is 2. The van der Waals surface area contributed by atoms with Crippen LogP contribution in [0.2, 0.25) is 5.02 Å². The fourth-order valence-electron chi connectivity index (χ4n) is 1.78. The Kier molecular flexibility index (Phi) is 4.14. The van der Waals surface area contributed by atoms with E-state index < -0.39 is 11.9 Å². The normalized spacial score (nSPS) is 10.2. The van der Waals surface area contributed by atoms with E-state index in [0.29, 0.717) is 5.02 Å². The zero-order valence-corrected chi connectivity index (χ0v) is 11.8. The van der Waals surface area contributed by atoms with E-state index in [-0.39, 0.29) is 22.6 Å². The first-order valence-corrected chi connectivity index (χ1v) is 6.40. The van der Waals surface area contributed by atoms with Crippen LogP contribution in [0.3, 0.4) is 0 Å². The lowest BCUT2D eigenvalue weighted by Crippen LogP contribution is -2.13. The summed E-state index contributed by atoms with van der Waals surface area (Å²) >= 11 is 6.06. The van der Waals surface area contributed by atoms with Gasteiger partial charge < -0.3 is 15.5 Å². The largest absolute Gasteiger partial charge is 0.506 e. The average molecular weight is 306 g/mol. The highest BCUT2D eigenvalue weighted by atomic mass is 35.5. The zero-order chi connectivity index (χ0) is 15.6. The third kappa shape index (κ3) is 3.14. The molecular formula is C15H12ClNO4. The second kappa shape index (κ2) is 5.85. The molecule has 0 spiro atoms. The SMILES string of the molecule is Cc1cccc(C(=O)Nc2cc(C(=O)O)ccc2O)c1Cl. The maximum absolute atomic E-state index is 12.2. The number of carboxylic acids is 1. The van der Waals surface area contributed by atoms with Gasteiger partial charge in [0.25, 0.3) is 5.91 Å². The summed E-state index contributed by atoms with van der Waals surface area (Å²) in [5.74, 6) is -1.90. The molecule has 0 aliphatic rings. The van der Waals surface area contributed by atoms with Crippen LogP contribution in [-0.4, -0.2) is 22.1 Å². The van der Waals surface area contributed by atoms with Crippen molar-refractivity contribution in [3.63, 3.8) is 0 Å². The van der Waals surface area contributed by atoms with E-state index in [2.05, 4.69) is 5.32 Å². The molecule has 2 rings (SSSR count). The molecule has 0 unspecified atom stereocenters. The number of nitrogens with one attached hydrogen (secondary N) is 1. The first-order chi connectivity index (χ1) is 9.90. The fourth-order valence-corrected chi connectivity index (χ4v) is 1.99. The number of amides is 1. The maximum atomic E-state index is 12.2. The molecule has 0 heterocycles. The molecule has 0 aliphatic heterocycles. The van der Waals surface area contributed by atoms with Gasteiger partial charge in [0, 0.05) is 0 Å². The molecule has 0 aliphatic carbocycles. The quantitative estimate of drug-likeness (QED) is 0.759. The standard InChI is InChI=1S/C15H12ClNO4/c1-8-3-2-4-10(13(8)16)14(19)17-11-7-9(15(20)21)5-6-12(11)18/h2-7,18H,1H3,(H,17,19)(H,20,21). The number of aryl methyl sites for hydroxylation is 1. The van der Waals surface area contributed by atoms with Gasteiger partial charge in [-0.15, -0.1) is 0 Å². The summed E-state index contributed by atoms with van der Waals surface area (Å²) in [7, 11) is 0. The third-order valence-corrected chi connectivity index (χ3v) is 3.43. The number of phenolic OH excluding ortho intramolecular Hbond substituents is 1. The van der Waals surface area contributed by atoms with Gasteiger partial charge in [-0.3, -0.25) is 4.79 Å². The van der Waals surface area contributed by atoms with Crippen molar-refractivity contribution in [2.75, 3.05) is 5.32 Å². The Balaban J connectivity index is 2.33. The van der Waals surface area contributed by atoms with Crippen LogP contribution in [0, 0.1) is 6.92 Å². The second-order valence-corrected chi connectivity index (χ2v) is 4.81. The van der Waals surface area contributed by atoms with Gasteiger partial charge in [0.15, 0.2) is 0 Å². The third-order valence-electron chi connectivity index (χ3n) is 2.93. The zero-order valence-electron chi connectivity index (χ0n) is 11.1. The predicted molar refractivity (Wildman–Crippen MR) is 79.2 cm³/mol. The predicted octanol–water partition coefficient (Wildman–Crippen LogP) is 3.30. The number of hydrogen-bond donors (Lipinski definition) is 3. The molecule has 2 aromatic carbocycles. The minimum absolute atomic E-state index is 0.0115. The molecule has 108 valence electrons. The first kappa shape index (κ1) is 14.9. The number of carboxylic acid groups (broad SMARTS) is 1. The fraction of sp³-hybridized carbons (Fsp3) is 0.0667. The number of carbonyl (C=O) groups excluding carboxylic acids is 1. The van der Waals surface area contributed by atoms with Crippen LogP contribution in [0.15, 0.2) is 36.4 Å². The highest BCUT2D eigenvalue weighted by Gasteiger charge is 2.15. The Morgan fingerprint density at radius 3 is 2.57 bits per heavy atom. The molecule has 0 bridgehead atoms. The van der Waals surface area contributed by atoms with E-state index in [1.54, 1.807) is 25.1 Å². The lowest BCUT2D eigenvalue weighted by Gasteiger charge is -2.10. The van der Waals surface area contributed by atoms with Crippen molar-refractivity contribution in [3.8, 4) is 5.75 Å². The number of aromatic carboxylic acids is 1. The van der Waals surface area contributed by atoms with Crippen molar-refractivity contribution in [2.24, 2.45) is 0 Å². The summed E-state index contributed by atoms with van der Waals surface area (Å²) in [5.41, 5.74) is 0.959. The van der Waals surface area contributed by atoms with Gasteiger partial charge in [-0.25, -0.2) is 4.79 Å². The second-order valence-electron chi connectivity index (χ2n) is 4.43. The maximum Gasteiger partial charge on any atom is 0.335 e. The summed E-state index contributed by atoms with van der Waals surface area (Å²) < 4.78 is 0. The summed E-state index contributed by atoms with van der Waals surface area (Å²) in [6.07, 6.45) is 0. The van der Waals surface area contributed by atoms with Crippen molar-refractivity contribution in [1.82, 2.24) is 0 Å². The minimum Gasteiger partial charge on any atom is -0.506 e. The van der Waals surface area contributed by atoms with Crippen molar-refractivity contribution in [1.29, 1.82) is 0 Å².